The van der Waals surface area contributed by atoms with Crippen molar-refractivity contribution in [3.8, 4) is 11.3 Å². The Kier molecular flexibility index (Phi) is 3.43. The van der Waals surface area contributed by atoms with Crippen molar-refractivity contribution in [1.82, 2.24) is 4.98 Å². The van der Waals surface area contributed by atoms with Gasteiger partial charge in [0.2, 0.25) is 0 Å². The summed E-state index contributed by atoms with van der Waals surface area (Å²) in [7, 11) is 0. The van der Waals surface area contributed by atoms with E-state index in [9.17, 15) is 4.39 Å². The number of fused-ring (bicyclic) bond motifs is 3. The molecule has 4 aromatic rings. The molecule has 0 unspecified atom stereocenters. The second-order valence-electron chi connectivity index (χ2n) is 7.10. The molecule has 0 amide bonds. The molecular formula is C21H18FNS. The molecule has 0 saturated heterocycles. The molecular weight excluding hydrogens is 317 g/mol. The van der Waals surface area contributed by atoms with Gasteiger partial charge in [-0.25, -0.2) is 4.39 Å². The minimum atomic E-state index is -0.191. The molecule has 24 heavy (non-hydrogen) atoms. The normalized spacial score (nSPS) is 12.2. The molecule has 0 spiro atoms. The highest BCUT2D eigenvalue weighted by Gasteiger charge is 2.16. The van der Waals surface area contributed by atoms with E-state index in [1.807, 2.05) is 12.3 Å². The summed E-state index contributed by atoms with van der Waals surface area (Å²) in [5.41, 5.74) is 3.42. The van der Waals surface area contributed by atoms with Gasteiger partial charge in [-0.15, -0.1) is 11.3 Å². The molecule has 0 fully saturated rings. The first-order chi connectivity index (χ1) is 11.4. The summed E-state index contributed by atoms with van der Waals surface area (Å²) in [5, 5.41) is 2.26. The Morgan fingerprint density at radius 2 is 1.79 bits per heavy atom. The molecule has 2 aromatic heterocycles. The van der Waals surface area contributed by atoms with E-state index in [-0.39, 0.29) is 11.2 Å². The minimum Gasteiger partial charge on any atom is -0.256 e. The van der Waals surface area contributed by atoms with Crippen LogP contribution < -0.4 is 0 Å². The Labute approximate surface area is 144 Å². The van der Waals surface area contributed by atoms with E-state index in [0.29, 0.717) is 0 Å². The van der Waals surface area contributed by atoms with Crippen LogP contribution in [-0.4, -0.2) is 4.98 Å². The van der Waals surface area contributed by atoms with Gasteiger partial charge in [0.15, 0.2) is 0 Å². The van der Waals surface area contributed by atoms with Gasteiger partial charge < -0.3 is 0 Å². The van der Waals surface area contributed by atoms with Gasteiger partial charge in [-0.2, -0.15) is 0 Å². The maximum atomic E-state index is 13.6. The topological polar surface area (TPSA) is 12.9 Å². The zero-order valence-corrected chi connectivity index (χ0v) is 14.7. The molecule has 0 aliphatic carbocycles. The summed E-state index contributed by atoms with van der Waals surface area (Å²) in [6.07, 6.45) is 1.88. The third-order valence-corrected chi connectivity index (χ3v) is 5.56. The Hall–Kier alpha value is -2.26. The first-order valence-corrected chi connectivity index (χ1v) is 8.83. The van der Waals surface area contributed by atoms with E-state index >= 15 is 0 Å². The molecule has 0 radical (unpaired) electrons. The standard InChI is InChI=1S/C21H18FNS/c1-21(2,3)13-9-10-23-18(11-13)17-6-4-5-16-15-8-7-14(22)12-19(15)24-20(16)17/h4-12H,1-3H3. The Balaban J connectivity index is 1.99. The first-order valence-electron chi connectivity index (χ1n) is 8.01. The molecule has 120 valence electrons. The van der Waals surface area contributed by atoms with Crippen LogP contribution in [0.4, 0.5) is 4.39 Å². The third-order valence-electron chi connectivity index (χ3n) is 4.36. The van der Waals surface area contributed by atoms with Crippen molar-refractivity contribution >= 4 is 31.5 Å². The van der Waals surface area contributed by atoms with E-state index in [1.165, 1.54) is 11.6 Å². The molecule has 2 aromatic carbocycles. The van der Waals surface area contributed by atoms with Crippen LogP contribution in [0.1, 0.15) is 26.3 Å². The van der Waals surface area contributed by atoms with Crippen LogP contribution in [0.15, 0.2) is 54.7 Å². The zero-order chi connectivity index (χ0) is 16.9. The number of rotatable bonds is 1. The summed E-state index contributed by atoms with van der Waals surface area (Å²) in [6, 6.07) is 15.5. The van der Waals surface area contributed by atoms with Crippen molar-refractivity contribution in [2.24, 2.45) is 0 Å². The number of thiophene rings is 1. The summed E-state index contributed by atoms with van der Waals surface area (Å²) >= 11 is 1.63. The lowest BCUT2D eigenvalue weighted by Gasteiger charge is -2.19. The molecule has 0 aliphatic heterocycles. The van der Waals surface area contributed by atoms with Crippen LogP contribution in [0.3, 0.4) is 0 Å². The molecule has 0 bridgehead atoms. The highest BCUT2D eigenvalue weighted by Crippen LogP contribution is 2.40. The smallest absolute Gasteiger partial charge is 0.124 e. The van der Waals surface area contributed by atoms with Crippen molar-refractivity contribution < 1.29 is 4.39 Å². The number of halogens is 1. The Morgan fingerprint density at radius 1 is 0.958 bits per heavy atom. The predicted molar refractivity (Wildman–Crippen MR) is 101 cm³/mol. The molecule has 3 heteroatoms. The molecule has 1 nitrogen and oxygen atoms in total. The van der Waals surface area contributed by atoms with Gasteiger partial charge in [0.05, 0.1) is 5.69 Å². The number of benzene rings is 2. The zero-order valence-electron chi connectivity index (χ0n) is 13.9. The van der Waals surface area contributed by atoms with Crippen molar-refractivity contribution in [3.05, 3.63) is 66.1 Å². The first kappa shape index (κ1) is 15.3. The second-order valence-corrected chi connectivity index (χ2v) is 8.16. The quantitative estimate of drug-likeness (QED) is 0.384. The molecule has 0 saturated carbocycles. The SMILES string of the molecule is CC(C)(C)c1ccnc(-c2cccc3c2sc2cc(F)ccc23)c1. The molecule has 2 heterocycles. The molecule has 0 atom stereocenters. The summed E-state index contributed by atoms with van der Waals surface area (Å²) < 4.78 is 15.7. The minimum absolute atomic E-state index is 0.0783. The van der Waals surface area contributed by atoms with Gasteiger partial charge in [-0.05, 0) is 35.2 Å². The molecule has 0 aliphatic rings. The van der Waals surface area contributed by atoms with Gasteiger partial charge in [0, 0.05) is 31.9 Å². The summed E-state index contributed by atoms with van der Waals surface area (Å²) in [5.74, 6) is -0.191. The van der Waals surface area contributed by atoms with Gasteiger partial charge in [0.25, 0.3) is 0 Å². The number of hydrogen-bond acceptors (Lipinski definition) is 2. The fraction of sp³-hybridized carbons (Fsp3) is 0.190. The predicted octanol–water partition coefficient (Wildman–Crippen LogP) is 6.55. The van der Waals surface area contributed by atoms with Gasteiger partial charge in [0.1, 0.15) is 5.82 Å². The van der Waals surface area contributed by atoms with Gasteiger partial charge >= 0.3 is 0 Å². The van der Waals surface area contributed by atoms with Crippen LogP contribution in [-0.2, 0) is 5.41 Å². The maximum absolute atomic E-state index is 13.6. The Morgan fingerprint density at radius 3 is 2.58 bits per heavy atom. The summed E-state index contributed by atoms with van der Waals surface area (Å²) in [4.78, 5) is 4.59. The number of nitrogens with zero attached hydrogens (tertiary/aromatic N) is 1. The highest BCUT2D eigenvalue weighted by molar-refractivity contribution is 7.26. The fourth-order valence-corrected chi connectivity index (χ4v) is 4.27. The average Bonchev–Trinajstić information content (AvgIpc) is 2.91. The Bertz CT molecular complexity index is 1060. The van der Waals surface area contributed by atoms with Crippen LogP contribution in [0.2, 0.25) is 0 Å². The van der Waals surface area contributed by atoms with Crippen LogP contribution in [0.5, 0.6) is 0 Å². The van der Waals surface area contributed by atoms with Crippen LogP contribution >= 0.6 is 11.3 Å². The van der Waals surface area contributed by atoms with Crippen LogP contribution in [0, 0.1) is 5.82 Å². The van der Waals surface area contributed by atoms with E-state index in [4.69, 9.17) is 0 Å². The molecule has 0 N–H and O–H groups in total. The monoisotopic (exact) mass is 335 g/mol. The fourth-order valence-electron chi connectivity index (χ4n) is 3.02. The largest absolute Gasteiger partial charge is 0.256 e. The van der Waals surface area contributed by atoms with Crippen molar-refractivity contribution in [2.75, 3.05) is 0 Å². The third kappa shape index (κ3) is 2.49. The van der Waals surface area contributed by atoms with Gasteiger partial charge in [-0.1, -0.05) is 45.0 Å². The van der Waals surface area contributed by atoms with Gasteiger partial charge in [-0.3, -0.25) is 4.98 Å². The van der Waals surface area contributed by atoms with Crippen molar-refractivity contribution in [1.29, 1.82) is 0 Å². The lowest BCUT2D eigenvalue weighted by molar-refractivity contribution is 0.589. The van der Waals surface area contributed by atoms with E-state index in [0.717, 1.165) is 31.4 Å². The lowest BCUT2D eigenvalue weighted by Crippen LogP contribution is -2.11. The number of aromatic nitrogens is 1. The van der Waals surface area contributed by atoms with E-state index in [2.05, 4.69) is 56.1 Å². The highest BCUT2D eigenvalue weighted by atomic mass is 32.1. The van der Waals surface area contributed by atoms with Crippen molar-refractivity contribution in [2.45, 2.75) is 26.2 Å². The maximum Gasteiger partial charge on any atom is 0.124 e. The molecule has 4 rings (SSSR count). The average molecular weight is 335 g/mol. The van der Waals surface area contributed by atoms with E-state index in [1.54, 1.807) is 17.4 Å². The van der Waals surface area contributed by atoms with Crippen LogP contribution in [0.25, 0.3) is 31.4 Å². The summed E-state index contributed by atoms with van der Waals surface area (Å²) in [6.45, 7) is 6.61. The number of hydrogen-bond donors (Lipinski definition) is 0. The number of pyridine rings is 1. The lowest BCUT2D eigenvalue weighted by atomic mass is 9.87. The van der Waals surface area contributed by atoms with Crippen molar-refractivity contribution in [3.63, 3.8) is 0 Å². The van der Waals surface area contributed by atoms with E-state index < -0.39 is 0 Å². The second kappa shape index (κ2) is 5.38.